The van der Waals surface area contributed by atoms with Crippen LogP contribution >= 0.6 is 0 Å². The van der Waals surface area contributed by atoms with Crippen molar-refractivity contribution in [1.29, 1.82) is 0 Å². The van der Waals surface area contributed by atoms with E-state index in [9.17, 15) is 9.59 Å². The molecule has 0 aromatic carbocycles. The van der Waals surface area contributed by atoms with Crippen molar-refractivity contribution < 1.29 is 9.59 Å². The fourth-order valence-electron chi connectivity index (χ4n) is 5.22. The smallest absolute Gasteiger partial charge is 0.241 e. The van der Waals surface area contributed by atoms with Gasteiger partial charge in [-0.1, -0.05) is 6.07 Å². The van der Waals surface area contributed by atoms with Gasteiger partial charge in [0.2, 0.25) is 11.8 Å². The number of amides is 2. The number of piperazine rings is 1. The molecule has 156 valence electrons. The van der Waals surface area contributed by atoms with Crippen LogP contribution < -0.4 is 10.7 Å². The summed E-state index contributed by atoms with van der Waals surface area (Å²) in [5.41, 5.74) is 4.11. The van der Waals surface area contributed by atoms with Crippen molar-refractivity contribution >= 4 is 11.8 Å². The summed E-state index contributed by atoms with van der Waals surface area (Å²) in [6.45, 7) is 4.04. The summed E-state index contributed by atoms with van der Waals surface area (Å²) < 4.78 is 0. The number of piperidine rings is 1. The number of nitrogens with zero attached hydrogens (tertiary/aromatic N) is 4. The first-order valence-corrected chi connectivity index (χ1v) is 10.8. The molecule has 3 saturated heterocycles. The van der Waals surface area contributed by atoms with Gasteiger partial charge < -0.3 is 4.90 Å². The molecule has 0 bridgehead atoms. The molecule has 1 aliphatic carbocycles. The minimum Gasteiger partial charge on any atom is -0.340 e. The van der Waals surface area contributed by atoms with E-state index in [0.717, 1.165) is 39.1 Å². The molecule has 1 aromatic heterocycles. The number of hydrogen-bond acceptors (Lipinski definition) is 6. The summed E-state index contributed by atoms with van der Waals surface area (Å²) in [6.07, 6.45) is 6.85. The molecule has 8 heteroatoms. The molecular formula is C21H30N6O2. The van der Waals surface area contributed by atoms with E-state index in [1.807, 2.05) is 29.2 Å². The highest BCUT2D eigenvalue weighted by molar-refractivity contribution is 5.89. The van der Waals surface area contributed by atoms with Crippen molar-refractivity contribution in [2.75, 3.05) is 33.2 Å². The Morgan fingerprint density at radius 2 is 2.03 bits per heavy atom. The maximum absolute atomic E-state index is 13.5. The van der Waals surface area contributed by atoms with E-state index in [4.69, 9.17) is 0 Å². The molecule has 2 amide bonds. The van der Waals surface area contributed by atoms with Gasteiger partial charge in [0.15, 0.2) is 0 Å². The number of rotatable bonds is 4. The van der Waals surface area contributed by atoms with Crippen LogP contribution in [0.2, 0.25) is 0 Å². The maximum Gasteiger partial charge on any atom is 0.241 e. The van der Waals surface area contributed by atoms with Crippen molar-refractivity contribution in [2.45, 2.75) is 38.0 Å². The number of hydrogen-bond donors (Lipinski definition) is 2. The molecule has 1 saturated carbocycles. The standard InChI is InChI=1S/C21H30N6O2/c1-25-19-18(20(28)24-25)16(11-17(23-19)15-4-5-15)21(29)27-9-7-26(8-10-27)13-14-3-2-6-22-12-14/h2-3,6,12,15-19,23H,4-5,7-11,13H2,1H3,(H,24,28). The second-order valence-corrected chi connectivity index (χ2v) is 8.97. The van der Waals surface area contributed by atoms with Gasteiger partial charge in [0.1, 0.15) is 0 Å². The predicted molar refractivity (Wildman–Crippen MR) is 107 cm³/mol. The van der Waals surface area contributed by atoms with Crippen molar-refractivity contribution in [3.05, 3.63) is 30.1 Å². The van der Waals surface area contributed by atoms with Gasteiger partial charge in [-0.25, -0.2) is 5.01 Å². The van der Waals surface area contributed by atoms with Gasteiger partial charge in [0.05, 0.1) is 18.0 Å². The van der Waals surface area contributed by atoms with Crippen LogP contribution in [-0.2, 0) is 16.1 Å². The van der Waals surface area contributed by atoms with E-state index in [0.29, 0.717) is 12.0 Å². The second kappa shape index (κ2) is 7.66. The molecule has 4 aliphatic rings. The number of fused-ring (bicyclic) bond motifs is 1. The second-order valence-electron chi connectivity index (χ2n) is 8.97. The molecule has 4 unspecified atom stereocenters. The summed E-state index contributed by atoms with van der Waals surface area (Å²) in [5.74, 6) is 0.288. The normalized spacial score (nSPS) is 33.4. The lowest BCUT2D eigenvalue weighted by atomic mass is 9.78. The van der Waals surface area contributed by atoms with Crippen LogP contribution in [0.25, 0.3) is 0 Å². The van der Waals surface area contributed by atoms with Crippen molar-refractivity contribution in [2.24, 2.45) is 17.8 Å². The first-order chi connectivity index (χ1) is 14.1. The monoisotopic (exact) mass is 398 g/mol. The highest BCUT2D eigenvalue weighted by Crippen LogP contribution is 2.42. The number of nitrogens with one attached hydrogen (secondary N) is 2. The highest BCUT2D eigenvalue weighted by atomic mass is 16.2. The van der Waals surface area contributed by atoms with Gasteiger partial charge in [-0.15, -0.1) is 0 Å². The van der Waals surface area contributed by atoms with E-state index < -0.39 is 0 Å². The summed E-state index contributed by atoms with van der Waals surface area (Å²) in [5, 5.41) is 5.49. The van der Waals surface area contributed by atoms with E-state index in [2.05, 4.69) is 26.7 Å². The molecule has 0 radical (unpaired) electrons. The van der Waals surface area contributed by atoms with Crippen LogP contribution in [-0.4, -0.2) is 77.0 Å². The topological polar surface area (TPSA) is 80.8 Å². The molecule has 29 heavy (non-hydrogen) atoms. The Morgan fingerprint density at radius 1 is 1.24 bits per heavy atom. The third kappa shape index (κ3) is 3.76. The molecular weight excluding hydrogens is 368 g/mol. The lowest BCUT2D eigenvalue weighted by Gasteiger charge is -2.42. The van der Waals surface area contributed by atoms with Crippen LogP contribution in [0, 0.1) is 17.8 Å². The van der Waals surface area contributed by atoms with Gasteiger partial charge >= 0.3 is 0 Å². The molecule has 4 atom stereocenters. The van der Waals surface area contributed by atoms with Crippen molar-refractivity contribution in [1.82, 2.24) is 30.5 Å². The Balaban J connectivity index is 1.24. The summed E-state index contributed by atoms with van der Waals surface area (Å²) in [7, 11) is 1.89. The molecule has 2 N–H and O–H groups in total. The lowest BCUT2D eigenvalue weighted by molar-refractivity contribution is -0.145. The number of aromatic nitrogens is 1. The highest BCUT2D eigenvalue weighted by Gasteiger charge is 2.53. The molecule has 1 aromatic rings. The van der Waals surface area contributed by atoms with Gasteiger partial charge in [-0.2, -0.15) is 0 Å². The average molecular weight is 399 g/mol. The van der Waals surface area contributed by atoms with E-state index in [-0.39, 0.29) is 29.8 Å². The zero-order valence-electron chi connectivity index (χ0n) is 17.0. The molecule has 5 rings (SSSR count). The summed E-state index contributed by atoms with van der Waals surface area (Å²) >= 11 is 0. The molecule has 3 aliphatic heterocycles. The molecule has 4 fully saturated rings. The number of carbonyl (C=O) groups is 2. The minimum atomic E-state index is -0.295. The number of pyridine rings is 1. The van der Waals surface area contributed by atoms with Crippen molar-refractivity contribution in [3.8, 4) is 0 Å². The largest absolute Gasteiger partial charge is 0.340 e. The Kier molecular flexibility index (Phi) is 5.01. The molecule has 4 heterocycles. The zero-order valence-corrected chi connectivity index (χ0v) is 17.0. The van der Waals surface area contributed by atoms with Crippen LogP contribution in [0.5, 0.6) is 0 Å². The van der Waals surface area contributed by atoms with E-state index >= 15 is 0 Å². The van der Waals surface area contributed by atoms with Crippen LogP contribution in [0.1, 0.15) is 24.8 Å². The summed E-state index contributed by atoms with van der Waals surface area (Å²) in [4.78, 5) is 34.6. The number of carbonyl (C=O) groups excluding carboxylic acids is 2. The van der Waals surface area contributed by atoms with E-state index in [1.54, 1.807) is 6.20 Å². The molecule has 0 spiro atoms. The fraction of sp³-hybridized carbons (Fsp3) is 0.667. The van der Waals surface area contributed by atoms with Crippen LogP contribution in [0.15, 0.2) is 24.5 Å². The Bertz CT molecular complexity index is 762. The van der Waals surface area contributed by atoms with Gasteiger partial charge in [0, 0.05) is 58.2 Å². The van der Waals surface area contributed by atoms with E-state index in [1.165, 1.54) is 18.4 Å². The Morgan fingerprint density at radius 3 is 2.72 bits per heavy atom. The lowest BCUT2D eigenvalue weighted by Crippen LogP contribution is -2.60. The minimum absolute atomic E-state index is 0.0205. The van der Waals surface area contributed by atoms with Crippen LogP contribution in [0.3, 0.4) is 0 Å². The first kappa shape index (κ1) is 19.0. The third-order valence-electron chi connectivity index (χ3n) is 6.99. The maximum atomic E-state index is 13.5. The van der Waals surface area contributed by atoms with Crippen LogP contribution in [0.4, 0.5) is 0 Å². The quantitative estimate of drug-likeness (QED) is 0.745. The zero-order chi connectivity index (χ0) is 20.0. The predicted octanol–water partition coefficient (Wildman–Crippen LogP) is 0.0328. The average Bonchev–Trinajstić information content (AvgIpc) is 3.55. The third-order valence-corrected chi connectivity index (χ3v) is 6.99. The SMILES string of the molecule is CN1NC(=O)C2C(C(=O)N3CCN(Cc4cccnc4)CC3)CC(C3CC3)NC21. The Hall–Kier alpha value is -2.03. The van der Waals surface area contributed by atoms with Gasteiger partial charge in [-0.3, -0.25) is 30.2 Å². The van der Waals surface area contributed by atoms with Gasteiger partial charge in [-0.05, 0) is 36.8 Å². The van der Waals surface area contributed by atoms with Gasteiger partial charge in [0.25, 0.3) is 0 Å². The van der Waals surface area contributed by atoms with Crippen molar-refractivity contribution in [3.63, 3.8) is 0 Å². The summed E-state index contributed by atoms with van der Waals surface area (Å²) in [6, 6.07) is 4.39. The first-order valence-electron chi connectivity index (χ1n) is 10.8. The Labute approximate surface area is 171 Å². The number of hydrazine groups is 1. The molecule has 8 nitrogen and oxygen atoms in total. The fourth-order valence-corrected chi connectivity index (χ4v) is 5.22.